The zero-order chi connectivity index (χ0) is 14.8. The minimum absolute atomic E-state index is 0. The molecule has 0 saturated carbocycles. The molecule has 0 amide bonds. The van der Waals surface area contributed by atoms with Gasteiger partial charge < -0.3 is 0 Å². The molecule has 0 N–H and O–H groups in total. The Hall–Kier alpha value is 0.0695. The van der Waals surface area contributed by atoms with E-state index in [4.69, 9.17) is 0 Å². The summed E-state index contributed by atoms with van der Waals surface area (Å²) in [5.41, 5.74) is 0. The van der Waals surface area contributed by atoms with Gasteiger partial charge in [-0.25, -0.2) is 0 Å². The van der Waals surface area contributed by atoms with Crippen LogP contribution in [0.2, 0.25) is 0 Å². The average molecular weight is 571 g/mol. The molecule has 0 aliphatic carbocycles. The Balaban J connectivity index is 0.00000176. The van der Waals surface area contributed by atoms with Gasteiger partial charge in [-0.15, -0.1) is 0 Å². The van der Waals surface area contributed by atoms with Crippen LogP contribution in [0, 0.1) is 0 Å². The molecule has 22 heavy (non-hydrogen) atoms. The number of rotatable bonds is 3. The van der Waals surface area contributed by atoms with Gasteiger partial charge in [-0.05, 0) is 0 Å². The van der Waals surface area contributed by atoms with Gasteiger partial charge in [0.15, 0.2) is 0 Å². The van der Waals surface area contributed by atoms with Crippen molar-refractivity contribution in [2.24, 2.45) is 0 Å². The van der Waals surface area contributed by atoms with Crippen molar-refractivity contribution in [2.75, 3.05) is 0 Å². The van der Waals surface area contributed by atoms with Crippen molar-refractivity contribution in [2.45, 2.75) is 0 Å². The summed E-state index contributed by atoms with van der Waals surface area (Å²) in [5, 5.41) is 4.21. The van der Waals surface area contributed by atoms with Crippen LogP contribution in [0.4, 0.5) is 0 Å². The van der Waals surface area contributed by atoms with E-state index in [0.717, 1.165) is 0 Å². The van der Waals surface area contributed by atoms with Crippen molar-refractivity contribution in [3.05, 3.63) is 91.0 Å². The number of benzene rings is 3. The third kappa shape index (κ3) is 3.16. The van der Waals surface area contributed by atoms with Crippen LogP contribution >= 0.6 is 46.0 Å². The minimum atomic E-state index is -2.43. The largest absolute Gasteiger partial charge is 0 e. The molecule has 0 unspecified atom stereocenters. The Morgan fingerprint density at radius 2 is 0.682 bits per heavy atom. The van der Waals surface area contributed by atoms with Crippen molar-refractivity contribution >= 4 is 61.9 Å². The van der Waals surface area contributed by atoms with Crippen molar-refractivity contribution in [1.82, 2.24) is 0 Å². The SMILES string of the molecule is IP(I)(c1ccccc1)(c1ccccc1)c1ccccc1.[Mn]. The standard InChI is InChI=1S/C18H15I2P.Mn/c19-21(20,16-10-4-1-5-11-16,17-12-6-2-7-13-17)18-14-8-3-9-15-18;/h1-15H;. The third-order valence-electron chi connectivity index (χ3n) is 3.63. The van der Waals surface area contributed by atoms with Crippen LogP contribution in [0.5, 0.6) is 0 Å². The second kappa shape index (κ2) is 7.31. The first kappa shape index (κ1) is 18.4. The van der Waals surface area contributed by atoms with E-state index in [9.17, 15) is 0 Å². The van der Waals surface area contributed by atoms with Gasteiger partial charge >= 0.3 is 153 Å². The molecule has 0 aliphatic rings. The summed E-state index contributed by atoms with van der Waals surface area (Å²) in [5.74, 6) is 0. The van der Waals surface area contributed by atoms with E-state index in [-0.39, 0.29) is 17.1 Å². The fourth-order valence-corrected chi connectivity index (χ4v) is 11.3. The van der Waals surface area contributed by atoms with E-state index in [0.29, 0.717) is 0 Å². The van der Waals surface area contributed by atoms with Gasteiger partial charge in [-0.1, -0.05) is 0 Å². The molecule has 3 aromatic carbocycles. The molecule has 3 aromatic rings. The monoisotopic (exact) mass is 571 g/mol. The summed E-state index contributed by atoms with van der Waals surface area (Å²) in [7, 11) is 0. The predicted molar refractivity (Wildman–Crippen MR) is 113 cm³/mol. The Morgan fingerprint density at radius 1 is 0.455 bits per heavy atom. The molecule has 0 atom stereocenters. The minimum Gasteiger partial charge on any atom is 0 e. The second-order valence-electron chi connectivity index (χ2n) is 4.91. The van der Waals surface area contributed by atoms with Gasteiger partial charge in [-0.3, -0.25) is 0 Å². The summed E-state index contributed by atoms with van der Waals surface area (Å²) in [4.78, 5) is 0. The van der Waals surface area contributed by atoms with Gasteiger partial charge in [0.05, 0.1) is 0 Å². The molecular weight excluding hydrogens is 556 g/mol. The quantitative estimate of drug-likeness (QED) is 0.230. The maximum absolute atomic E-state index is 2.72. The Labute approximate surface area is 168 Å². The normalized spacial score (nSPS) is 12.7. The third-order valence-corrected chi connectivity index (χ3v) is 17.3. The topological polar surface area (TPSA) is 0 Å². The zero-order valence-corrected chi connectivity index (χ0v) is 18.1. The van der Waals surface area contributed by atoms with Crippen LogP contribution in [0.15, 0.2) is 91.0 Å². The number of hydrogen-bond donors (Lipinski definition) is 0. The summed E-state index contributed by atoms with van der Waals surface area (Å²) < 4.78 is -2.43. The number of halogens is 2. The summed E-state index contributed by atoms with van der Waals surface area (Å²) in [6, 6.07) is 32.7. The van der Waals surface area contributed by atoms with E-state index < -0.39 is 1.89 Å². The molecule has 0 heterocycles. The molecule has 113 valence electrons. The Kier molecular flexibility index (Phi) is 6.12. The predicted octanol–water partition coefficient (Wildman–Crippen LogP) is 5.21. The van der Waals surface area contributed by atoms with E-state index in [1.165, 1.54) is 15.9 Å². The molecule has 0 nitrogen and oxygen atoms in total. The maximum atomic E-state index is 2.72. The zero-order valence-electron chi connectivity index (χ0n) is 11.7. The van der Waals surface area contributed by atoms with Crippen molar-refractivity contribution < 1.29 is 17.1 Å². The Morgan fingerprint density at radius 3 is 0.909 bits per heavy atom. The fraction of sp³-hybridized carbons (Fsp3) is 0. The van der Waals surface area contributed by atoms with Crippen LogP contribution < -0.4 is 15.9 Å². The molecule has 4 heteroatoms. The molecule has 0 aromatic heterocycles. The molecule has 0 aliphatic heterocycles. The van der Waals surface area contributed by atoms with Crippen LogP contribution in [0.1, 0.15) is 0 Å². The van der Waals surface area contributed by atoms with E-state index in [1.54, 1.807) is 0 Å². The van der Waals surface area contributed by atoms with Crippen LogP contribution in [-0.2, 0) is 17.1 Å². The first-order valence-electron chi connectivity index (χ1n) is 6.74. The van der Waals surface area contributed by atoms with Crippen LogP contribution in [-0.4, -0.2) is 0 Å². The molecule has 0 saturated heterocycles. The average Bonchev–Trinajstić information content (AvgIpc) is 2.57. The van der Waals surface area contributed by atoms with Crippen LogP contribution in [0.25, 0.3) is 0 Å². The fourth-order valence-electron chi connectivity index (χ4n) is 2.52. The van der Waals surface area contributed by atoms with E-state index in [1.807, 2.05) is 0 Å². The van der Waals surface area contributed by atoms with Crippen molar-refractivity contribution in [3.8, 4) is 0 Å². The first-order valence-corrected chi connectivity index (χ1v) is 14.5. The van der Waals surface area contributed by atoms with Gasteiger partial charge in [0, 0.05) is 17.1 Å². The van der Waals surface area contributed by atoms with Crippen LogP contribution in [0.3, 0.4) is 0 Å². The number of hydrogen-bond acceptors (Lipinski definition) is 0. The molecule has 0 fully saturated rings. The van der Waals surface area contributed by atoms with Gasteiger partial charge in [0.2, 0.25) is 0 Å². The van der Waals surface area contributed by atoms with E-state index in [2.05, 4.69) is 135 Å². The molecule has 0 bridgehead atoms. The van der Waals surface area contributed by atoms with E-state index >= 15 is 0 Å². The molecule has 1 radical (unpaired) electrons. The summed E-state index contributed by atoms with van der Waals surface area (Å²) in [6.07, 6.45) is 0. The molecule has 3 rings (SSSR count). The van der Waals surface area contributed by atoms with Gasteiger partial charge in [0.25, 0.3) is 0 Å². The summed E-state index contributed by atoms with van der Waals surface area (Å²) in [6.45, 7) is 0. The molecular formula is C18H15I2MnP. The Bertz CT molecular complexity index is 627. The summed E-state index contributed by atoms with van der Waals surface area (Å²) >= 11 is 5.45. The van der Waals surface area contributed by atoms with Gasteiger partial charge in [-0.2, -0.15) is 0 Å². The molecule has 0 spiro atoms. The van der Waals surface area contributed by atoms with Gasteiger partial charge in [0.1, 0.15) is 0 Å². The van der Waals surface area contributed by atoms with Crippen molar-refractivity contribution in [1.29, 1.82) is 0 Å². The second-order valence-corrected chi connectivity index (χ2v) is 25.4. The maximum Gasteiger partial charge on any atom is 0 e. The first-order chi connectivity index (χ1) is 10.1. The smallest absolute Gasteiger partial charge is 0 e. The van der Waals surface area contributed by atoms with Crippen molar-refractivity contribution in [3.63, 3.8) is 0 Å².